The molecule has 2 aromatic rings. The first-order chi connectivity index (χ1) is 11.6. The summed E-state index contributed by atoms with van der Waals surface area (Å²) in [6, 6.07) is 9.99. The van der Waals surface area contributed by atoms with Crippen molar-refractivity contribution < 1.29 is 4.79 Å². The zero-order valence-electron chi connectivity index (χ0n) is 13.9. The quantitative estimate of drug-likeness (QED) is 0.798. The van der Waals surface area contributed by atoms with Crippen LogP contribution < -0.4 is 5.56 Å². The fourth-order valence-corrected chi connectivity index (χ4v) is 3.84. The molecule has 0 N–H and O–H groups in total. The van der Waals surface area contributed by atoms with Gasteiger partial charge in [0.25, 0.3) is 5.56 Å². The van der Waals surface area contributed by atoms with Gasteiger partial charge in [-0.25, -0.2) is 4.68 Å². The van der Waals surface area contributed by atoms with E-state index in [0.29, 0.717) is 13.0 Å². The average Bonchev–Trinajstić information content (AvgIpc) is 2.61. The molecule has 0 spiro atoms. The minimum Gasteiger partial charge on any atom is -0.338 e. The molecule has 1 aliphatic carbocycles. The van der Waals surface area contributed by atoms with Gasteiger partial charge in [-0.05, 0) is 42.4 Å². The molecule has 1 amide bonds. The van der Waals surface area contributed by atoms with Crippen molar-refractivity contribution in [2.24, 2.45) is 13.0 Å². The highest BCUT2D eigenvalue weighted by Crippen LogP contribution is 2.27. The number of benzene rings is 1. The molecule has 5 heteroatoms. The molecule has 0 bridgehead atoms. The fourth-order valence-electron chi connectivity index (χ4n) is 3.84. The van der Waals surface area contributed by atoms with E-state index in [4.69, 9.17) is 0 Å². The summed E-state index contributed by atoms with van der Waals surface area (Å²) in [4.78, 5) is 26.7. The summed E-state index contributed by atoms with van der Waals surface area (Å²) < 4.78 is 1.38. The minimum absolute atomic E-state index is 0.0309. The van der Waals surface area contributed by atoms with Crippen LogP contribution in [-0.2, 0) is 37.6 Å². The first-order valence-corrected chi connectivity index (χ1v) is 8.53. The van der Waals surface area contributed by atoms with Crippen LogP contribution >= 0.6 is 0 Å². The van der Waals surface area contributed by atoms with Crippen molar-refractivity contribution in [1.82, 2.24) is 14.7 Å². The van der Waals surface area contributed by atoms with E-state index in [1.54, 1.807) is 13.1 Å². The Labute approximate surface area is 140 Å². The van der Waals surface area contributed by atoms with E-state index in [0.717, 1.165) is 37.1 Å². The van der Waals surface area contributed by atoms with Crippen LogP contribution in [0, 0.1) is 5.92 Å². The predicted molar refractivity (Wildman–Crippen MR) is 90.6 cm³/mol. The highest BCUT2D eigenvalue weighted by atomic mass is 16.2. The molecule has 1 aromatic carbocycles. The number of carbonyl (C=O) groups is 1. The van der Waals surface area contributed by atoms with Gasteiger partial charge < -0.3 is 4.90 Å². The Morgan fingerprint density at radius 3 is 2.79 bits per heavy atom. The van der Waals surface area contributed by atoms with E-state index >= 15 is 0 Å². The Hall–Kier alpha value is -2.43. The maximum Gasteiger partial charge on any atom is 0.266 e. The lowest BCUT2D eigenvalue weighted by atomic mass is 9.85. The summed E-state index contributed by atoms with van der Waals surface area (Å²) in [7, 11) is 1.67. The summed E-state index contributed by atoms with van der Waals surface area (Å²) in [5.41, 5.74) is 4.41. The lowest BCUT2D eigenvalue weighted by Crippen LogP contribution is -2.41. The van der Waals surface area contributed by atoms with Crippen LogP contribution in [0.15, 0.2) is 35.1 Å². The second-order valence-electron chi connectivity index (χ2n) is 6.80. The van der Waals surface area contributed by atoms with Crippen LogP contribution in [-0.4, -0.2) is 27.1 Å². The molecule has 1 unspecified atom stereocenters. The van der Waals surface area contributed by atoms with E-state index in [1.165, 1.54) is 15.8 Å². The molecule has 124 valence electrons. The van der Waals surface area contributed by atoms with Crippen molar-refractivity contribution >= 4 is 5.91 Å². The van der Waals surface area contributed by atoms with E-state index < -0.39 is 0 Å². The van der Waals surface area contributed by atoms with Gasteiger partial charge in [0.15, 0.2) is 0 Å². The number of aromatic nitrogens is 2. The molecule has 5 nitrogen and oxygen atoms in total. The third-order valence-corrected chi connectivity index (χ3v) is 5.25. The number of rotatable bonds is 1. The van der Waals surface area contributed by atoms with Crippen LogP contribution in [0.2, 0.25) is 0 Å². The first-order valence-electron chi connectivity index (χ1n) is 8.53. The highest BCUT2D eigenvalue weighted by Gasteiger charge is 2.31. The maximum absolute atomic E-state index is 12.9. The maximum atomic E-state index is 12.9. The van der Waals surface area contributed by atoms with Gasteiger partial charge in [0.1, 0.15) is 0 Å². The number of hydrogen-bond donors (Lipinski definition) is 0. The largest absolute Gasteiger partial charge is 0.338 e. The number of carbonyl (C=O) groups excluding carboxylic acids is 1. The Morgan fingerprint density at radius 1 is 1.17 bits per heavy atom. The van der Waals surface area contributed by atoms with E-state index in [2.05, 4.69) is 23.3 Å². The summed E-state index contributed by atoms with van der Waals surface area (Å²) in [5, 5.41) is 4.33. The Morgan fingerprint density at radius 2 is 1.96 bits per heavy atom. The molecule has 1 aromatic heterocycles. The number of fused-ring (bicyclic) bond motifs is 2. The van der Waals surface area contributed by atoms with Gasteiger partial charge in [0, 0.05) is 32.1 Å². The smallest absolute Gasteiger partial charge is 0.266 e. The Balaban J connectivity index is 1.52. The van der Waals surface area contributed by atoms with Gasteiger partial charge in [-0.3, -0.25) is 9.59 Å². The zero-order chi connectivity index (χ0) is 16.7. The molecule has 2 aliphatic rings. The monoisotopic (exact) mass is 323 g/mol. The predicted octanol–water partition coefficient (Wildman–Crippen LogP) is 1.47. The van der Waals surface area contributed by atoms with Crippen molar-refractivity contribution in [3.63, 3.8) is 0 Å². The summed E-state index contributed by atoms with van der Waals surface area (Å²) >= 11 is 0. The summed E-state index contributed by atoms with van der Waals surface area (Å²) in [5.74, 6) is 0.187. The van der Waals surface area contributed by atoms with Crippen molar-refractivity contribution in [3.05, 3.63) is 63.1 Å². The van der Waals surface area contributed by atoms with Gasteiger partial charge in [0.05, 0.1) is 5.69 Å². The standard InChI is InChI=1S/C19H21N3O2/c1-21-18(23)11-16-10-14(6-7-17(16)20-21)19(24)22-9-8-13-4-2-3-5-15(13)12-22/h2-5,11,14H,6-10,12H2,1H3. The lowest BCUT2D eigenvalue weighted by Gasteiger charge is -2.33. The first kappa shape index (κ1) is 15.1. The third-order valence-electron chi connectivity index (χ3n) is 5.25. The van der Waals surface area contributed by atoms with Crippen LogP contribution in [0.4, 0.5) is 0 Å². The van der Waals surface area contributed by atoms with Crippen LogP contribution in [0.1, 0.15) is 28.8 Å². The molecular formula is C19H21N3O2. The molecule has 4 rings (SSSR count). The second-order valence-corrected chi connectivity index (χ2v) is 6.80. The Kier molecular flexibility index (Phi) is 3.71. The van der Waals surface area contributed by atoms with E-state index in [-0.39, 0.29) is 17.4 Å². The molecule has 24 heavy (non-hydrogen) atoms. The van der Waals surface area contributed by atoms with Crippen molar-refractivity contribution in [1.29, 1.82) is 0 Å². The molecule has 1 atom stereocenters. The molecule has 0 radical (unpaired) electrons. The fraction of sp³-hybridized carbons (Fsp3) is 0.421. The second kappa shape index (κ2) is 5.89. The van der Waals surface area contributed by atoms with Gasteiger partial charge >= 0.3 is 0 Å². The number of amides is 1. The minimum atomic E-state index is -0.103. The zero-order valence-corrected chi connectivity index (χ0v) is 13.9. The van der Waals surface area contributed by atoms with Gasteiger partial charge in [-0.1, -0.05) is 24.3 Å². The van der Waals surface area contributed by atoms with Gasteiger partial charge in [-0.2, -0.15) is 5.10 Å². The van der Waals surface area contributed by atoms with Gasteiger partial charge in [-0.15, -0.1) is 0 Å². The van der Waals surface area contributed by atoms with Crippen molar-refractivity contribution in [2.75, 3.05) is 6.54 Å². The Bertz CT molecular complexity index is 856. The van der Waals surface area contributed by atoms with Crippen molar-refractivity contribution in [3.8, 4) is 0 Å². The van der Waals surface area contributed by atoms with E-state index in [9.17, 15) is 9.59 Å². The van der Waals surface area contributed by atoms with Crippen molar-refractivity contribution in [2.45, 2.75) is 32.2 Å². The van der Waals surface area contributed by atoms with Crippen LogP contribution in [0.25, 0.3) is 0 Å². The molecule has 0 saturated heterocycles. The lowest BCUT2D eigenvalue weighted by molar-refractivity contribution is -0.136. The SMILES string of the molecule is Cn1nc2c(cc1=O)CC(C(=O)N1CCc3ccccc3C1)CC2. The summed E-state index contributed by atoms with van der Waals surface area (Å²) in [6.07, 6.45) is 3.14. The average molecular weight is 323 g/mol. The molecule has 2 heterocycles. The molecule has 0 saturated carbocycles. The molecule has 0 fully saturated rings. The highest BCUT2D eigenvalue weighted by molar-refractivity contribution is 5.79. The van der Waals surface area contributed by atoms with Crippen LogP contribution in [0.3, 0.4) is 0 Å². The number of aryl methyl sites for hydroxylation is 2. The van der Waals surface area contributed by atoms with Crippen LogP contribution in [0.5, 0.6) is 0 Å². The number of hydrogen-bond acceptors (Lipinski definition) is 3. The summed E-state index contributed by atoms with van der Waals surface area (Å²) in [6.45, 7) is 1.49. The number of nitrogens with zero attached hydrogens (tertiary/aromatic N) is 3. The third kappa shape index (κ3) is 2.64. The van der Waals surface area contributed by atoms with E-state index in [1.807, 2.05) is 11.0 Å². The van der Waals surface area contributed by atoms with Gasteiger partial charge in [0.2, 0.25) is 5.91 Å². The molecule has 1 aliphatic heterocycles. The molecular weight excluding hydrogens is 302 g/mol. The normalized spacial score (nSPS) is 19.5. The topological polar surface area (TPSA) is 55.2 Å².